The van der Waals surface area contributed by atoms with Gasteiger partial charge in [0.25, 0.3) is 5.91 Å². The smallest absolute Gasteiger partial charge is 0.328 e. The number of aliphatic carboxylic acids is 1. The molecule has 1 saturated carbocycles. The minimum Gasteiger partial charge on any atom is -0.478 e. The Labute approximate surface area is 110 Å². The van der Waals surface area contributed by atoms with Crippen LogP contribution in [0.25, 0.3) is 6.08 Å². The van der Waals surface area contributed by atoms with Crippen LogP contribution >= 0.6 is 0 Å². The highest BCUT2D eigenvalue weighted by atomic mass is 19.1. The Balaban J connectivity index is 2.18. The third-order valence-corrected chi connectivity index (χ3v) is 3.06. The highest BCUT2D eigenvalue weighted by molar-refractivity contribution is 5.95. The fourth-order valence-corrected chi connectivity index (χ4v) is 1.79. The lowest BCUT2D eigenvalue weighted by Crippen LogP contribution is -2.29. The van der Waals surface area contributed by atoms with Gasteiger partial charge in [-0.1, -0.05) is 6.07 Å². The number of nitrogens with zero attached hydrogens (tertiary/aromatic N) is 1. The van der Waals surface area contributed by atoms with Crippen molar-refractivity contribution in [1.82, 2.24) is 4.90 Å². The van der Waals surface area contributed by atoms with Crippen LogP contribution in [0.3, 0.4) is 0 Å². The van der Waals surface area contributed by atoms with E-state index >= 15 is 0 Å². The normalized spacial score (nSPS) is 14.6. The Morgan fingerprint density at radius 2 is 2.11 bits per heavy atom. The van der Waals surface area contributed by atoms with Gasteiger partial charge in [0.05, 0.1) is 5.56 Å². The number of halogens is 1. The summed E-state index contributed by atoms with van der Waals surface area (Å²) in [6.45, 7) is 0. The summed E-state index contributed by atoms with van der Waals surface area (Å²) < 4.78 is 13.8. The summed E-state index contributed by atoms with van der Waals surface area (Å²) in [4.78, 5) is 23.9. The zero-order chi connectivity index (χ0) is 14.0. The molecular weight excluding hydrogens is 249 g/mol. The molecule has 0 unspecified atom stereocenters. The first-order valence-corrected chi connectivity index (χ1v) is 5.97. The first-order valence-electron chi connectivity index (χ1n) is 5.97. The molecule has 1 aromatic carbocycles. The molecule has 5 heteroatoms. The molecule has 0 saturated heterocycles. The molecule has 1 amide bonds. The summed E-state index contributed by atoms with van der Waals surface area (Å²) >= 11 is 0. The minimum atomic E-state index is -1.10. The monoisotopic (exact) mass is 263 g/mol. The molecule has 0 aliphatic heterocycles. The second kappa shape index (κ2) is 5.22. The molecule has 1 aromatic rings. The van der Waals surface area contributed by atoms with E-state index in [1.165, 1.54) is 18.2 Å². The minimum absolute atomic E-state index is 0.0156. The lowest BCUT2D eigenvalue weighted by molar-refractivity contribution is -0.131. The zero-order valence-electron chi connectivity index (χ0n) is 10.5. The van der Waals surface area contributed by atoms with E-state index in [9.17, 15) is 14.0 Å². The highest BCUT2D eigenvalue weighted by Crippen LogP contribution is 2.27. The van der Waals surface area contributed by atoms with Crippen LogP contribution in [0.4, 0.5) is 4.39 Å². The van der Waals surface area contributed by atoms with Crippen molar-refractivity contribution in [3.63, 3.8) is 0 Å². The summed E-state index contributed by atoms with van der Waals surface area (Å²) in [5.74, 6) is -2.08. The van der Waals surface area contributed by atoms with Gasteiger partial charge in [-0.05, 0) is 36.6 Å². The Kier molecular flexibility index (Phi) is 3.64. The predicted molar refractivity (Wildman–Crippen MR) is 68.2 cm³/mol. The lowest BCUT2D eigenvalue weighted by Gasteiger charge is -2.16. The van der Waals surface area contributed by atoms with E-state index in [-0.39, 0.29) is 17.5 Å². The fourth-order valence-electron chi connectivity index (χ4n) is 1.79. The van der Waals surface area contributed by atoms with E-state index in [2.05, 4.69) is 0 Å². The van der Waals surface area contributed by atoms with E-state index < -0.39 is 11.8 Å². The van der Waals surface area contributed by atoms with Gasteiger partial charge in [-0.15, -0.1) is 0 Å². The summed E-state index contributed by atoms with van der Waals surface area (Å²) in [6.07, 6.45) is 4.13. The SMILES string of the molecule is CN(C(=O)c1ccc(C=CC(=O)O)cc1F)C1CC1. The van der Waals surface area contributed by atoms with Crippen molar-refractivity contribution in [1.29, 1.82) is 0 Å². The van der Waals surface area contributed by atoms with Gasteiger partial charge in [-0.3, -0.25) is 4.79 Å². The third-order valence-electron chi connectivity index (χ3n) is 3.06. The largest absolute Gasteiger partial charge is 0.478 e. The maximum absolute atomic E-state index is 13.8. The van der Waals surface area contributed by atoms with Gasteiger partial charge in [0.1, 0.15) is 5.82 Å². The molecule has 2 rings (SSSR count). The Hall–Kier alpha value is -2.17. The number of carbonyl (C=O) groups excluding carboxylic acids is 1. The standard InChI is InChI=1S/C14H14FNO3/c1-16(10-4-5-10)14(19)11-6-2-9(8-12(11)15)3-7-13(17)18/h2-3,6-8,10H,4-5H2,1H3,(H,17,18). The Bertz CT molecular complexity index is 550. The molecule has 0 spiro atoms. The number of rotatable bonds is 4. The first kappa shape index (κ1) is 13.3. The van der Waals surface area contributed by atoms with Crippen molar-refractivity contribution in [2.24, 2.45) is 0 Å². The van der Waals surface area contributed by atoms with Crippen LogP contribution < -0.4 is 0 Å². The van der Waals surface area contributed by atoms with Crippen molar-refractivity contribution >= 4 is 18.0 Å². The van der Waals surface area contributed by atoms with Gasteiger partial charge in [-0.25, -0.2) is 9.18 Å². The van der Waals surface area contributed by atoms with Gasteiger partial charge in [0.2, 0.25) is 0 Å². The molecule has 1 N–H and O–H groups in total. The number of hydrogen-bond donors (Lipinski definition) is 1. The summed E-state index contributed by atoms with van der Waals surface area (Å²) in [7, 11) is 1.66. The van der Waals surface area contributed by atoms with Crippen LogP contribution in [0, 0.1) is 5.82 Å². The maximum atomic E-state index is 13.8. The molecule has 1 fully saturated rings. The lowest BCUT2D eigenvalue weighted by atomic mass is 10.1. The third kappa shape index (κ3) is 3.19. The van der Waals surface area contributed by atoms with Crippen molar-refractivity contribution in [3.8, 4) is 0 Å². The number of amides is 1. The maximum Gasteiger partial charge on any atom is 0.328 e. The van der Waals surface area contributed by atoms with Gasteiger partial charge < -0.3 is 10.0 Å². The molecular formula is C14H14FNO3. The van der Waals surface area contributed by atoms with Crippen LogP contribution in [-0.2, 0) is 4.79 Å². The predicted octanol–water partition coefficient (Wildman–Crippen LogP) is 2.16. The van der Waals surface area contributed by atoms with Crippen LogP contribution in [0.2, 0.25) is 0 Å². The average Bonchev–Trinajstić information content (AvgIpc) is 3.19. The molecule has 4 nitrogen and oxygen atoms in total. The topological polar surface area (TPSA) is 57.6 Å². The Morgan fingerprint density at radius 3 is 2.63 bits per heavy atom. The van der Waals surface area contributed by atoms with Crippen molar-refractivity contribution in [3.05, 3.63) is 41.2 Å². The van der Waals surface area contributed by atoms with Crippen LogP contribution in [0.5, 0.6) is 0 Å². The van der Waals surface area contributed by atoms with Crippen LogP contribution in [0.15, 0.2) is 24.3 Å². The second-order valence-corrected chi connectivity index (χ2v) is 4.56. The number of hydrogen-bond acceptors (Lipinski definition) is 2. The zero-order valence-corrected chi connectivity index (χ0v) is 10.5. The molecule has 0 heterocycles. The number of benzene rings is 1. The van der Waals surface area contributed by atoms with Gasteiger partial charge in [0, 0.05) is 19.2 Å². The van der Waals surface area contributed by atoms with E-state index in [0.717, 1.165) is 25.0 Å². The number of carbonyl (C=O) groups is 2. The fraction of sp³-hybridized carbons (Fsp3) is 0.286. The Morgan fingerprint density at radius 1 is 1.42 bits per heavy atom. The van der Waals surface area contributed by atoms with Crippen LogP contribution in [-0.4, -0.2) is 35.0 Å². The van der Waals surface area contributed by atoms with Gasteiger partial charge >= 0.3 is 5.97 Å². The molecule has 0 bridgehead atoms. The highest BCUT2D eigenvalue weighted by Gasteiger charge is 2.31. The summed E-state index contributed by atoms with van der Waals surface area (Å²) in [5.41, 5.74) is 0.424. The van der Waals surface area contributed by atoms with Crippen LogP contribution in [0.1, 0.15) is 28.8 Å². The van der Waals surface area contributed by atoms with Gasteiger partial charge in [-0.2, -0.15) is 0 Å². The summed E-state index contributed by atoms with van der Waals surface area (Å²) in [5, 5.41) is 8.49. The molecule has 0 atom stereocenters. The van der Waals surface area contributed by atoms with E-state index in [0.29, 0.717) is 5.56 Å². The molecule has 1 aliphatic rings. The quantitative estimate of drug-likeness (QED) is 0.847. The second-order valence-electron chi connectivity index (χ2n) is 4.56. The average molecular weight is 263 g/mol. The van der Waals surface area contributed by atoms with Gasteiger partial charge in [0.15, 0.2) is 0 Å². The van der Waals surface area contributed by atoms with Crippen molar-refractivity contribution in [2.75, 3.05) is 7.05 Å². The van der Waals surface area contributed by atoms with Crippen molar-refractivity contribution < 1.29 is 19.1 Å². The van der Waals surface area contributed by atoms with E-state index in [1.54, 1.807) is 11.9 Å². The van der Waals surface area contributed by atoms with Crippen molar-refractivity contribution in [2.45, 2.75) is 18.9 Å². The van der Waals surface area contributed by atoms with E-state index in [4.69, 9.17) is 5.11 Å². The first-order chi connectivity index (χ1) is 8.99. The number of carboxylic acid groups (broad SMARTS) is 1. The number of carboxylic acids is 1. The molecule has 0 radical (unpaired) electrons. The molecule has 19 heavy (non-hydrogen) atoms. The molecule has 1 aliphatic carbocycles. The molecule has 0 aromatic heterocycles. The van der Waals surface area contributed by atoms with E-state index in [1.807, 2.05) is 0 Å². The summed E-state index contributed by atoms with van der Waals surface area (Å²) in [6, 6.07) is 4.29. The molecule has 100 valence electrons.